The standard InChI is InChI=1S/C16H13NO5S2.C11H4O4S2.C5H11NO2.3CH4.ClH/c1-7(2)22-11(18)6-17-16(21)10-5-9-12(19)8-3-4-23-14(8)13(20)15(9)24-10;12-7-4-1-2-16-9(4)8(13)10-5(7)3-6(17-10)11(14)15;1-4(2)8-5(7)3-6;;;;/h3-5,7H,6H2,1-2H3,(H,17,21);1-3H,(H,14,15);4H,3,6H2,1-2H3;3*1H4;1H. The smallest absolute Gasteiger partial charge is 0.345 e. The Hall–Kier alpha value is -4.39. The number of esters is 2. The average molecular weight is 829 g/mol. The van der Waals surface area contributed by atoms with Crippen LogP contribution in [0.25, 0.3) is 0 Å². The van der Waals surface area contributed by atoms with Crippen molar-refractivity contribution in [2.75, 3.05) is 13.1 Å². The molecule has 6 rings (SSSR count). The molecule has 0 saturated heterocycles. The molecule has 4 heterocycles. The molecule has 13 nitrogen and oxygen atoms in total. The number of hydrogen-bond donors (Lipinski definition) is 3. The molecule has 0 spiro atoms. The zero-order valence-electron chi connectivity index (χ0n) is 26.7. The summed E-state index contributed by atoms with van der Waals surface area (Å²) in [4.78, 5) is 95.1. The molecule has 288 valence electrons. The predicted molar refractivity (Wildman–Crippen MR) is 209 cm³/mol. The van der Waals surface area contributed by atoms with Crippen LogP contribution in [0.4, 0.5) is 0 Å². The van der Waals surface area contributed by atoms with Gasteiger partial charge in [0.2, 0.25) is 11.6 Å². The van der Waals surface area contributed by atoms with Crippen LogP contribution in [0.5, 0.6) is 0 Å². The van der Waals surface area contributed by atoms with Gasteiger partial charge in [-0.1, -0.05) is 22.3 Å². The lowest BCUT2D eigenvalue weighted by Crippen LogP contribution is -2.31. The minimum Gasteiger partial charge on any atom is -0.477 e. The number of carboxylic acids is 1. The minimum absolute atomic E-state index is 0. The molecule has 0 bridgehead atoms. The highest BCUT2D eigenvalue weighted by atomic mass is 35.5. The highest BCUT2D eigenvalue weighted by molar-refractivity contribution is 7.19. The van der Waals surface area contributed by atoms with Gasteiger partial charge in [0.25, 0.3) is 5.91 Å². The Bertz CT molecular complexity index is 1910. The molecule has 1 amide bonds. The van der Waals surface area contributed by atoms with Crippen LogP contribution < -0.4 is 11.1 Å². The number of thiophene rings is 4. The van der Waals surface area contributed by atoms with Gasteiger partial charge in [-0.05, 0) is 62.7 Å². The first kappa shape index (κ1) is 48.6. The van der Waals surface area contributed by atoms with E-state index in [4.69, 9.17) is 15.6 Å². The zero-order chi connectivity index (χ0) is 36.2. The fourth-order valence-corrected chi connectivity index (χ4v) is 8.11. The number of ketones is 4. The maximum Gasteiger partial charge on any atom is 0.345 e. The lowest BCUT2D eigenvalue weighted by Gasteiger charge is -2.08. The van der Waals surface area contributed by atoms with Crippen molar-refractivity contribution in [2.45, 2.75) is 62.2 Å². The van der Waals surface area contributed by atoms with E-state index in [1.165, 1.54) is 34.8 Å². The third-order valence-corrected chi connectivity index (χ3v) is 10.4. The molecule has 2 aliphatic rings. The van der Waals surface area contributed by atoms with Crippen molar-refractivity contribution in [3.05, 3.63) is 86.5 Å². The molecule has 0 unspecified atom stereocenters. The molecule has 4 aromatic heterocycles. The molecule has 53 heavy (non-hydrogen) atoms. The zero-order valence-corrected chi connectivity index (χ0v) is 30.8. The second-order valence-electron chi connectivity index (χ2n) is 10.6. The fourth-order valence-electron chi connectivity index (χ4n) is 4.35. The molecule has 0 radical (unpaired) electrons. The number of amides is 1. The maximum atomic E-state index is 12.4. The van der Waals surface area contributed by atoms with Gasteiger partial charge in [0.1, 0.15) is 11.4 Å². The summed E-state index contributed by atoms with van der Waals surface area (Å²) in [6, 6.07) is 5.90. The summed E-state index contributed by atoms with van der Waals surface area (Å²) in [5.74, 6) is -3.53. The second-order valence-corrected chi connectivity index (χ2v) is 14.6. The van der Waals surface area contributed by atoms with Gasteiger partial charge in [-0.25, -0.2) is 4.79 Å². The number of carbonyl (C=O) groups excluding carboxylic acids is 7. The molecule has 0 aliphatic heterocycles. The van der Waals surface area contributed by atoms with E-state index in [1.807, 2.05) is 0 Å². The van der Waals surface area contributed by atoms with Crippen molar-refractivity contribution < 1.29 is 52.9 Å². The molecule has 4 N–H and O–H groups in total. The molecular formula is C35H41ClN2O11S4. The first-order valence-corrected chi connectivity index (χ1v) is 17.8. The van der Waals surface area contributed by atoms with Crippen LogP contribution in [0, 0.1) is 0 Å². The second kappa shape index (κ2) is 20.7. The molecular weight excluding hydrogens is 788 g/mol. The number of nitrogens with one attached hydrogen (secondary N) is 1. The van der Waals surface area contributed by atoms with Crippen molar-refractivity contribution in [3.8, 4) is 0 Å². The first-order chi connectivity index (χ1) is 23.1. The highest BCUT2D eigenvalue weighted by Gasteiger charge is 2.35. The topological polar surface area (TPSA) is 213 Å². The summed E-state index contributed by atoms with van der Waals surface area (Å²) in [6.45, 7) is 6.69. The van der Waals surface area contributed by atoms with Crippen LogP contribution in [-0.4, -0.2) is 77.4 Å². The van der Waals surface area contributed by atoms with E-state index in [0.717, 1.165) is 22.7 Å². The Balaban J connectivity index is 0.000000822. The highest BCUT2D eigenvalue weighted by Crippen LogP contribution is 2.36. The number of nitrogens with two attached hydrogens (primary N) is 1. The average Bonchev–Trinajstić information content (AvgIpc) is 3.86. The van der Waals surface area contributed by atoms with E-state index >= 15 is 0 Å². The van der Waals surface area contributed by atoms with Gasteiger partial charge >= 0.3 is 17.9 Å². The quantitative estimate of drug-likeness (QED) is 0.142. The van der Waals surface area contributed by atoms with E-state index in [2.05, 4.69) is 10.1 Å². The Morgan fingerprint density at radius 2 is 1.09 bits per heavy atom. The molecule has 2 aliphatic carbocycles. The molecule has 0 aromatic carbocycles. The summed E-state index contributed by atoms with van der Waals surface area (Å²) in [7, 11) is 0. The number of fused-ring (bicyclic) bond motifs is 4. The first-order valence-electron chi connectivity index (χ1n) is 14.4. The third-order valence-electron chi connectivity index (χ3n) is 6.33. The fraction of sp³-hybridized carbons (Fsp3) is 0.314. The maximum absolute atomic E-state index is 12.4. The van der Waals surface area contributed by atoms with E-state index < -0.39 is 17.8 Å². The monoisotopic (exact) mass is 828 g/mol. The number of aromatic carboxylic acids is 1. The largest absolute Gasteiger partial charge is 0.477 e. The summed E-state index contributed by atoms with van der Waals surface area (Å²) < 4.78 is 9.56. The molecule has 4 aromatic rings. The van der Waals surface area contributed by atoms with Crippen LogP contribution in [0.1, 0.15) is 130 Å². The lowest BCUT2D eigenvalue weighted by molar-refractivity contribution is -0.146. The van der Waals surface area contributed by atoms with Gasteiger partial charge in [-0.15, -0.1) is 57.8 Å². The number of hydrogen-bond acceptors (Lipinski definition) is 15. The summed E-state index contributed by atoms with van der Waals surface area (Å²) in [5.41, 5.74) is 6.15. The Morgan fingerprint density at radius 3 is 1.49 bits per heavy atom. The third kappa shape index (κ3) is 11.1. The normalized spacial score (nSPS) is 11.5. The van der Waals surface area contributed by atoms with E-state index in [-0.39, 0.29) is 120 Å². The van der Waals surface area contributed by atoms with E-state index in [0.29, 0.717) is 20.9 Å². The lowest BCUT2D eigenvalue weighted by atomic mass is 9.95. The summed E-state index contributed by atoms with van der Waals surface area (Å²) >= 11 is 4.24. The van der Waals surface area contributed by atoms with Crippen molar-refractivity contribution in [3.63, 3.8) is 0 Å². The Morgan fingerprint density at radius 1 is 0.679 bits per heavy atom. The van der Waals surface area contributed by atoms with Crippen molar-refractivity contribution in [1.82, 2.24) is 5.32 Å². The number of rotatable bonds is 7. The van der Waals surface area contributed by atoms with Crippen LogP contribution in [0.3, 0.4) is 0 Å². The molecule has 18 heteroatoms. The summed E-state index contributed by atoms with van der Waals surface area (Å²) in [6.07, 6.45) is -0.316. The van der Waals surface area contributed by atoms with Crippen molar-refractivity contribution in [1.29, 1.82) is 0 Å². The predicted octanol–water partition coefficient (Wildman–Crippen LogP) is 6.78. The van der Waals surface area contributed by atoms with E-state index in [1.54, 1.807) is 50.6 Å². The van der Waals surface area contributed by atoms with E-state index in [9.17, 15) is 38.4 Å². The van der Waals surface area contributed by atoms with Crippen LogP contribution in [0.2, 0.25) is 0 Å². The molecule has 0 atom stereocenters. The van der Waals surface area contributed by atoms with Crippen LogP contribution in [0.15, 0.2) is 35.0 Å². The number of ether oxygens (including phenoxy) is 2. The van der Waals surface area contributed by atoms with Crippen molar-refractivity contribution >= 4 is 105 Å². The van der Waals surface area contributed by atoms with Crippen molar-refractivity contribution in [2.24, 2.45) is 5.73 Å². The van der Waals surface area contributed by atoms with Gasteiger partial charge in [0, 0.05) is 22.3 Å². The molecule has 0 fully saturated rings. The van der Waals surface area contributed by atoms with Crippen LogP contribution in [-0.2, 0) is 19.1 Å². The van der Waals surface area contributed by atoms with Gasteiger partial charge in [-0.3, -0.25) is 33.6 Å². The summed E-state index contributed by atoms with van der Waals surface area (Å²) in [5, 5.41) is 14.7. The van der Waals surface area contributed by atoms with Gasteiger partial charge < -0.3 is 25.6 Å². The van der Waals surface area contributed by atoms with Gasteiger partial charge in [0.05, 0.1) is 43.1 Å². The van der Waals surface area contributed by atoms with Crippen LogP contribution >= 0.6 is 57.8 Å². The minimum atomic E-state index is -1.12. The number of carbonyl (C=O) groups is 8. The molecule has 0 saturated carbocycles. The van der Waals surface area contributed by atoms with Gasteiger partial charge in [-0.2, -0.15) is 0 Å². The number of carboxylic acid groups (broad SMARTS) is 1. The Labute approximate surface area is 328 Å². The Kier molecular flexibility index (Phi) is 19.0. The number of halogens is 1. The SMILES string of the molecule is C.C.C.CC(C)OC(=O)CN.CC(C)OC(=O)CNC(=O)c1cc2c(s1)C(=O)c1sccc1C2=O.Cl.O=C(O)c1cc2c(s1)C(=O)c1sccc1C2=O. The van der Waals surface area contributed by atoms with Gasteiger partial charge in [0.15, 0.2) is 11.6 Å².